The van der Waals surface area contributed by atoms with Gasteiger partial charge in [0.15, 0.2) is 0 Å². The molecule has 0 saturated heterocycles. The van der Waals surface area contributed by atoms with Gasteiger partial charge in [-0.2, -0.15) is 0 Å². The van der Waals surface area contributed by atoms with Crippen molar-refractivity contribution in [3.05, 3.63) is 0 Å². The molecule has 0 unspecified atom stereocenters. The van der Waals surface area contributed by atoms with E-state index in [1.807, 2.05) is 0 Å². The van der Waals surface area contributed by atoms with Gasteiger partial charge in [-0.25, -0.2) is 0 Å². The van der Waals surface area contributed by atoms with Gasteiger partial charge < -0.3 is 5.48 Å². The first-order valence-corrected chi connectivity index (χ1v) is 0. The minimum absolute atomic E-state index is 0. The van der Waals surface area contributed by atoms with E-state index in [4.69, 9.17) is 0 Å². The summed E-state index contributed by atoms with van der Waals surface area (Å²) >= 11 is 0. The van der Waals surface area contributed by atoms with Crippen molar-refractivity contribution >= 4 is 79.3 Å². The van der Waals surface area contributed by atoms with E-state index < -0.39 is 0 Å². The van der Waals surface area contributed by atoms with Gasteiger partial charge in [0, 0.05) is 79.3 Å². The normalized spacial score (nSPS) is 0. The van der Waals surface area contributed by atoms with E-state index in [1.54, 1.807) is 0 Å². The third-order valence-electron chi connectivity index (χ3n) is 0. The molecule has 4 heavy (non-hydrogen) atoms. The van der Waals surface area contributed by atoms with E-state index in [-0.39, 0.29) is 84.8 Å². The fraction of sp³-hybridized carbons (Fsp3) is 0. The van der Waals surface area contributed by atoms with Crippen LogP contribution >= 0.6 is 0 Å². The molecule has 0 aromatic heterocycles. The van der Waals surface area contributed by atoms with Crippen LogP contribution in [0.5, 0.6) is 0 Å². The van der Waals surface area contributed by atoms with Gasteiger partial charge in [0.2, 0.25) is 0 Å². The summed E-state index contributed by atoms with van der Waals surface area (Å²) < 4.78 is 0. The smallest absolute Gasteiger partial charge is 0 e. The fourth-order valence-corrected chi connectivity index (χ4v) is 0. The molecular weight excluding hydrogens is 273 g/mol. The van der Waals surface area contributed by atoms with E-state index >= 15 is 0 Å². The Kier molecular flexibility index (Phi) is 133. The zero-order valence-electron chi connectivity index (χ0n) is 2.58. The second kappa shape index (κ2) is 17.5. The van der Waals surface area contributed by atoms with Crippen molar-refractivity contribution in [1.29, 1.82) is 0 Å². The number of rotatable bonds is 0. The molecule has 0 heterocycles. The molecule has 0 saturated carbocycles. The Balaban J connectivity index is 0. The summed E-state index contributed by atoms with van der Waals surface area (Å²) in [4.78, 5) is 0. The zero-order chi connectivity index (χ0) is 0. The summed E-state index contributed by atoms with van der Waals surface area (Å²) in [5, 5.41) is 0. The quantitative estimate of drug-likeness (QED) is 0.459. The average molecular weight is 275 g/mol. The fourth-order valence-electron chi connectivity index (χ4n) is 0. The van der Waals surface area contributed by atoms with Crippen LogP contribution in [0.4, 0.5) is 0 Å². The van der Waals surface area contributed by atoms with Crippen LogP contribution in [0.3, 0.4) is 0 Å². The molecule has 8 radical (unpaired) electrons. The summed E-state index contributed by atoms with van der Waals surface area (Å²) in [7, 11) is 0. The molecule has 0 amide bonds. The molecule has 0 aliphatic rings. The average Bonchev–Trinajstić information content (AvgIpc) is 0. The van der Waals surface area contributed by atoms with Crippen LogP contribution in [0, 0.1) is 0 Å². The maximum absolute atomic E-state index is 0. The first kappa shape index (κ1) is 30.4. The van der Waals surface area contributed by atoms with Crippen LogP contribution in [-0.2, 0) is 0 Å². The summed E-state index contributed by atoms with van der Waals surface area (Å²) in [6, 6.07) is 0. The van der Waals surface area contributed by atoms with Gasteiger partial charge in [0.25, 0.3) is 0 Å². The van der Waals surface area contributed by atoms with Crippen LogP contribution in [-0.4, -0.2) is 84.8 Å². The van der Waals surface area contributed by atoms with E-state index in [0.29, 0.717) is 0 Å². The van der Waals surface area contributed by atoms with E-state index in [0.717, 1.165) is 0 Å². The largest absolute Gasteiger partial charge is 0.412 e. The maximum atomic E-state index is 0. The van der Waals surface area contributed by atoms with E-state index in [9.17, 15) is 0 Å². The molecule has 0 aliphatic carbocycles. The van der Waals surface area contributed by atoms with Gasteiger partial charge in [-0.15, -0.1) is 0 Å². The van der Waals surface area contributed by atoms with Gasteiger partial charge in [0.05, 0.1) is 0 Å². The second-order valence-electron chi connectivity index (χ2n) is 0. The van der Waals surface area contributed by atoms with Gasteiger partial charge >= 0.3 is 0 Å². The Labute approximate surface area is 83.2 Å². The van der Waals surface area contributed by atoms with E-state index in [1.165, 1.54) is 0 Å². The Morgan fingerprint density at radius 2 is 1.00 bits per heavy atom. The molecule has 4 heteroatoms. The molecule has 0 bridgehead atoms. The van der Waals surface area contributed by atoms with Crippen LogP contribution in [0.15, 0.2) is 0 Å². The number of hydrogen-bond donors (Lipinski definition) is 0. The minimum atomic E-state index is 0. The first-order chi connectivity index (χ1) is 0. The van der Waals surface area contributed by atoms with Gasteiger partial charge in [-0.1, -0.05) is 0 Å². The van der Waals surface area contributed by atoms with Crippen molar-refractivity contribution in [3.8, 4) is 0 Å². The SMILES string of the molecule is O.[In].[Na].[Sn]. The predicted molar refractivity (Wildman–Crippen MR) is 20.9 cm³/mol. The first-order valence-electron chi connectivity index (χ1n) is 0. The molecule has 0 fully saturated rings. The summed E-state index contributed by atoms with van der Waals surface area (Å²) in [5.74, 6) is 0. The van der Waals surface area contributed by atoms with Crippen LogP contribution in [0.1, 0.15) is 0 Å². The van der Waals surface area contributed by atoms with Crippen LogP contribution < -0.4 is 0 Å². The maximum Gasteiger partial charge on any atom is 0 e. The van der Waals surface area contributed by atoms with Crippen LogP contribution in [0.2, 0.25) is 0 Å². The standard InChI is InChI=1S/In.Na.H2O.Sn/h;;1H2;. The molecule has 2 N–H and O–H groups in total. The molecule has 1 nitrogen and oxygen atoms in total. The van der Waals surface area contributed by atoms with Crippen molar-refractivity contribution < 1.29 is 5.48 Å². The molecule has 16 valence electrons. The molecule has 0 atom stereocenters. The zero-order valence-corrected chi connectivity index (χ0v) is 10.7. The Hall–Kier alpha value is 2.63. The van der Waals surface area contributed by atoms with E-state index in [2.05, 4.69) is 0 Å². The Bertz CT molecular complexity index is 8.00. The topological polar surface area (TPSA) is 31.5 Å². The third kappa shape index (κ3) is 8.82. The monoisotopic (exact) mass is 276 g/mol. The second-order valence-corrected chi connectivity index (χ2v) is 0. The molecule has 0 aromatic carbocycles. The van der Waals surface area contributed by atoms with Crippen molar-refractivity contribution in [2.75, 3.05) is 0 Å². The molecular formula is H2InNaOSn. The van der Waals surface area contributed by atoms with Gasteiger partial charge in [-0.3, -0.25) is 0 Å². The van der Waals surface area contributed by atoms with Crippen molar-refractivity contribution in [3.63, 3.8) is 0 Å². The molecule has 0 spiro atoms. The third-order valence-corrected chi connectivity index (χ3v) is 0. The molecule has 0 rings (SSSR count). The molecule has 0 aliphatic heterocycles. The summed E-state index contributed by atoms with van der Waals surface area (Å²) in [5.41, 5.74) is 0. The van der Waals surface area contributed by atoms with Crippen molar-refractivity contribution in [2.45, 2.75) is 0 Å². The Morgan fingerprint density at radius 1 is 1.00 bits per heavy atom. The van der Waals surface area contributed by atoms with Crippen LogP contribution in [0.25, 0.3) is 0 Å². The van der Waals surface area contributed by atoms with Gasteiger partial charge in [-0.05, 0) is 0 Å². The predicted octanol–water partition coefficient (Wildman–Crippen LogP) is -1.97. The van der Waals surface area contributed by atoms with Crippen molar-refractivity contribution in [2.24, 2.45) is 0 Å². The molecule has 0 aromatic rings. The number of hydrogen-bond acceptors (Lipinski definition) is 0. The minimum Gasteiger partial charge on any atom is -0.412 e. The van der Waals surface area contributed by atoms with Crippen molar-refractivity contribution in [1.82, 2.24) is 0 Å². The summed E-state index contributed by atoms with van der Waals surface area (Å²) in [6.07, 6.45) is 0. The Morgan fingerprint density at radius 3 is 1.00 bits per heavy atom. The van der Waals surface area contributed by atoms with Gasteiger partial charge in [0.1, 0.15) is 0 Å². The summed E-state index contributed by atoms with van der Waals surface area (Å²) in [6.45, 7) is 0.